The van der Waals surface area contributed by atoms with E-state index in [9.17, 15) is 8.42 Å². The average Bonchev–Trinajstić information content (AvgIpc) is 2.67. The number of aromatic nitrogens is 2. The summed E-state index contributed by atoms with van der Waals surface area (Å²) in [6.07, 6.45) is 3.36. The van der Waals surface area contributed by atoms with E-state index in [0.29, 0.717) is 5.92 Å². The van der Waals surface area contributed by atoms with Crippen LogP contribution in [0.1, 0.15) is 20.3 Å². The van der Waals surface area contributed by atoms with Crippen LogP contribution in [0.5, 0.6) is 0 Å². The smallest absolute Gasteiger partial charge is 0.243 e. The van der Waals surface area contributed by atoms with Crippen molar-refractivity contribution >= 4 is 21.6 Å². The van der Waals surface area contributed by atoms with Gasteiger partial charge < -0.3 is 0 Å². The minimum Gasteiger partial charge on any atom is -0.284 e. The van der Waals surface area contributed by atoms with Crippen LogP contribution in [0.3, 0.4) is 0 Å². The summed E-state index contributed by atoms with van der Waals surface area (Å²) in [7, 11) is -3.48. The predicted octanol–water partition coefficient (Wildman–Crippen LogP) is 1.34. The minimum absolute atomic E-state index is 0.126. The van der Waals surface area contributed by atoms with Crippen LogP contribution in [0.15, 0.2) is 17.3 Å². The van der Waals surface area contributed by atoms with E-state index in [1.165, 1.54) is 12.4 Å². The fourth-order valence-corrected chi connectivity index (χ4v) is 2.78. The quantitative estimate of drug-likeness (QED) is 0.763. The zero-order chi connectivity index (χ0) is 12.2. The first-order valence-electron chi connectivity index (χ1n) is 5.04. The highest BCUT2D eigenvalue weighted by Gasteiger charge is 2.17. The van der Waals surface area contributed by atoms with Gasteiger partial charge in [-0.3, -0.25) is 5.10 Å². The van der Waals surface area contributed by atoms with Crippen LogP contribution in [-0.2, 0) is 10.0 Å². The molecule has 0 fully saturated rings. The fourth-order valence-electron chi connectivity index (χ4n) is 1.26. The number of nitrogens with zero attached hydrogens (tertiary/aromatic N) is 1. The Morgan fingerprint density at radius 3 is 2.75 bits per heavy atom. The maximum atomic E-state index is 11.7. The average molecular weight is 266 g/mol. The summed E-state index contributed by atoms with van der Waals surface area (Å²) in [4.78, 5) is 0.126. The number of H-pyrrole nitrogens is 1. The van der Waals surface area contributed by atoms with Crippen LogP contribution in [0, 0.1) is 5.92 Å². The first-order chi connectivity index (χ1) is 7.42. The predicted molar refractivity (Wildman–Crippen MR) is 62.9 cm³/mol. The molecule has 0 aromatic carbocycles. The molecule has 0 aliphatic carbocycles. The molecule has 7 heteroatoms. The molecule has 1 unspecified atom stereocenters. The van der Waals surface area contributed by atoms with E-state index >= 15 is 0 Å². The number of halogens is 1. The minimum atomic E-state index is -3.48. The molecular weight excluding hydrogens is 250 g/mol. The van der Waals surface area contributed by atoms with Gasteiger partial charge >= 0.3 is 0 Å². The van der Waals surface area contributed by atoms with Gasteiger partial charge in [-0.15, -0.1) is 11.6 Å². The maximum absolute atomic E-state index is 11.7. The van der Waals surface area contributed by atoms with E-state index in [4.69, 9.17) is 11.6 Å². The van der Waals surface area contributed by atoms with E-state index in [-0.39, 0.29) is 16.8 Å². The van der Waals surface area contributed by atoms with Crippen LogP contribution in [0.25, 0.3) is 0 Å². The van der Waals surface area contributed by atoms with Gasteiger partial charge in [0, 0.05) is 18.1 Å². The van der Waals surface area contributed by atoms with Crippen molar-refractivity contribution in [1.29, 1.82) is 0 Å². The van der Waals surface area contributed by atoms with Crippen molar-refractivity contribution in [3.8, 4) is 0 Å². The van der Waals surface area contributed by atoms with Gasteiger partial charge in [0.1, 0.15) is 4.90 Å². The molecule has 0 amide bonds. The van der Waals surface area contributed by atoms with Crippen molar-refractivity contribution in [3.63, 3.8) is 0 Å². The number of alkyl halides is 1. The first kappa shape index (κ1) is 13.5. The van der Waals surface area contributed by atoms with Crippen LogP contribution in [-0.4, -0.2) is 30.5 Å². The Morgan fingerprint density at radius 1 is 1.56 bits per heavy atom. The van der Waals surface area contributed by atoms with Gasteiger partial charge in [-0.1, -0.05) is 13.8 Å². The monoisotopic (exact) mass is 265 g/mol. The lowest BCUT2D eigenvalue weighted by molar-refractivity contribution is 0.544. The van der Waals surface area contributed by atoms with Crippen molar-refractivity contribution in [2.45, 2.75) is 30.5 Å². The number of hydrogen-bond donors (Lipinski definition) is 2. The second-order valence-corrected chi connectivity index (χ2v) is 6.40. The molecule has 92 valence electrons. The van der Waals surface area contributed by atoms with E-state index in [1.807, 2.05) is 13.8 Å². The van der Waals surface area contributed by atoms with Crippen molar-refractivity contribution < 1.29 is 8.42 Å². The van der Waals surface area contributed by atoms with Crippen molar-refractivity contribution in [2.24, 2.45) is 5.92 Å². The second-order valence-electron chi connectivity index (χ2n) is 4.01. The van der Waals surface area contributed by atoms with Gasteiger partial charge in [0.15, 0.2) is 0 Å². The molecule has 1 rings (SSSR count). The standard InChI is InChI=1S/C9H16ClN3O2S/c1-7(2)3-8(10)4-13-16(14,15)9-5-11-12-6-9/h5-8,13H,3-4H2,1-2H3,(H,11,12). The molecule has 0 bridgehead atoms. The molecule has 0 saturated carbocycles. The highest BCUT2D eigenvalue weighted by atomic mass is 35.5. The lowest BCUT2D eigenvalue weighted by Crippen LogP contribution is -2.30. The van der Waals surface area contributed by atoms with Gasteiger partial charge in [0.25, 0.3) is 0 Å². The Bertz CT molecular complexity index is 402. The third-order valence-corrected chi connectivity index (χ3v) is 3.73. The number of sulfonamides is 1. The maximum Gasteiger partial charge on any atom is 0.243 e. The molecule has 1 heterocycles. The van der Waals surface area contributed by atoms with Gasteiger partial charge in [0.2, 0.25) is 10.0 Å². The largest absolute Gasteiger partial charge is 0.284 e. The molecule has 0 radical (unpaired) electrons. The summed E-state index contributed by atoms with van der Waals surface area (Å²) in [6.45, 7) is 4.31. The zero-order valence-corrected chi connectivity index (χ0v) is 10.8. The van der Waals surface area contributed by atoms with Crippen LogP contribution >= 0.6 is 11.6 Å². The van der Waals surface area contributed by atoms with Gasteiger partial charge in [-0.05, 0) is 12.3 Å². The number of aromatic amines is 1. The van der Waals surface area contributed by atoms with Crippen LogP contribution in [0.4, 0.5) is 0 Å². The summed E-state index contributed by atoms with van der Waals surface area (Å²) >= 11 is 5.99. The third-order valence-electron chi connectivity index (χ3n) is 2.01. The van der Waals surface area contributed by atoms with E-state index < -0.39 is 10.0 Å². The summed E-state index contributed by atoms with van der Waals surface area (Å²) in [5.41, 5.74) is 0. The Labute approximate surface area is 101 Å². The molecular formula is C9H16ClN3O2S. The molecule has 0 aliphatic rings. The fraction of sp³-hybridized carbons (Fsp3) is 0.667. The molecule has 0 aliphatic heterocycles. The zero-order valence-electron chi connectivity index (χ0n) is 9.27. The Balaban J connectivity index is 2.49. The summed E-state index contributed by atoms with van der Waals surface area (Å²) in [6, 6.07) is 0. The van der Waals surface area contributed by atoms with Gasteiger partial charge in [-0.25, -0.2) is 13.1 Å². The van der Waals surface area contributed by atoms with Gasteiger partial charge in [0.05, 0.1) is 6.20 Å². The number of rotatable bonds is 6. The van der Waals surface area contributed by atoms with Crippen molar-refractivity contribution in [2.75, 3.05) is 6.54 Å². The topological polar surface area (TPSA) is 74.8 Å². The second kappa shape index (κ2) is 5.65. The number of nitrogens with one attached hydrogen (secondary N) is 2. The third kappa shape index (κ3) is 4.11. The normalized spacial score (nSPS) is 14.2. The van der Waals surface area contributed by atoms with E-state index in [0.717, 1.165) is 6.42 Å². The van der Waals surface area contributed by atoms with E-state index in [2.05, 4.69) is 14.9 Å². The molecule has 0 saturated heterocycles. The molecule has 1 atom stereocenters. The number of hydrogen-bond acceptors (Lipinski definition) is 3. The summed E-state index contributed by atoms with van der Waals surface area (Å²) in [5, 5.41) is 5.85. The lowest BCUT2D eigenvalue weighted by Gasteiger charge is -2.12. The molecule has 16 heavy (non-hydrogen) atoms. The first-order valence-corrected chi connectivity index (χ1v) is 6.96. The summed E-state index contributed by atoms with van der Waals surface area (Å²) in [5.74, 6) is 0.445. The highest BCUT2D eigenvalue weighted by molar-refractivity contribution is 7.89. The van der Waals surface area contributed by atoms with Crippen LogP contribution in [0.2, 0.25) is 0 Å². The Kier molecular flexibility index (Phi) is 4.76. The lowest BCUT2D eigenvalue weighted by atomic mass is 10.1. The molecule has 1 aromatic heterocycles. The Hall–Kier alpha value is -0.590. The van der Waals surface area contributed by atoms with E-state index in [1.54, 1.807) is 0 Å². The SMILES string of the molecule is CC(C)CC(Cl)CNS(=O)(=O)c1cn[nH]c1. The molecule has 5 nitrogen and oxygen atoms in total. The summed E-state index contributed by atoms with van der Waals surface area (Å²) < 4.78 is 25.8. The van der Waals surface area contributed by atoms with Crippen molar-refractivity contribution in [3.05, 3.63) is 12.4 Å². The van der Waals surface area contributed by atoms with Gasteiger partial charge in [-0.2, -0.15) is 5.10 Å². The van der Waals surface area contributed by atoms with Crippen molar-refractivity contribution in [1.82, 2.24) is 14.9 Å². The molecule has 0 spiro atoms. The Morgan fingerprint density at radius 2 is 2.25 bits per heavy atom. The molecule has 2 N–H and O–H groups in total. The highest BCUT2D eigenvalue weighted by Crippen LogP contribution is 2.11. The van der Waals surface area contributed by atoms with Crippen LogP contribution < -0.4 is 4.72 Å². The molecule has 1 aromatic rings.